The maximum Gasteiger partial charge on any atom is 0.134 e. The number of allylic oxidation sites excluding steroid dienone is 1. The van der Waals surface area contributed by atoms with Crippen LogP contribution in [0.15, 0.2) is 67.3 Å². The summed E-state index contributed by atoms with van der Waals surface area (Å²) in [5.74, 6) is 7.98. The molecule has 0 nitrogen and oxygen atoms in total. The van der Waals surface area contributed by atoms with E-state index in [0.29, 0.717) is 11.3 Å². The van der Waals surface area contributed by atoms with Gasteiger partial charge in [-0.2, -0.15) is 0 Å². The van der Waals surface area contributed by atoms with Gasteiger partial charge < -0.3 is 0 Å². The quantitative estimate of drug-likeness (QED) is 0.196. The van der Waals surface area contributed by atoms with E-state index in [1.54, 1.807) is 0 Å². The number of unbranched alkanes of at least 4 members (excludes halogenated alkanes) is 2. The minimum atomic E-state index is -0.0720. The van der Waals surface area contributed by atoms with Gasteiger partial charge in [-0.3, -0.25) is 0 Å². The van der Waals surface area contributed by atoms with E-state index in [-0.39, 0.29) is 5.82 Å². The van der Waals surface area contributed by atoms with Gasteiger partial charge in [-0.05, 0) is 97.6 Å². The van der Waals surface area contributed by atoms with Crippen LogP contribution in [-0.2, 0) is 6.42 Å². The van der Waals surface area contributed by atoms with Gasteiger partial charge in [-0.25, -0.2) is 4.39 Å². The van der Waals surface area contributed by atoms with E-state index in [2.05, 4.69) is 55.7 Å². The van der Waals surface area contributed by atoms with E-state index < -0.39 is 0 Å². The second-order valence-electron chi connectivity index (χ2n) is 9.55. The van der Waals surface area contributed by atoms with Crippen molar-refractivity contribution in [1.29, 1.82) is 0 Å². The van der Waals surface area contributed by atoms with E-state index in [0.717, 1.165) is 60.1 Å². The van der Waals surface area contributed by atoms with E-state index in [9.17, 15) is 4.39 Å². The molecule has 1 aliphatic rings. The normalized spacial score (nSPS) is 18.0. The highest BCUT2D eigenvalue weighted by Crippen LogP contribution is 2.37. The van der Waals surface area contributed by atoms with Crippen LogP contribution >= 0.6 is 0 Å². The number of rotatable bonds is 7. The molecule has 0 spiro atoms. The molecule has 0 aliphatic heterocycles. The number of halogens is 1. The second kappa shape index (κ2) is 11.3. The first-order valence-corrected chi connectivity index (χ1v) is 12.6. The van der Waals surface area contributed by atoms with Crippen molar-refractivity contribution in [3.05, 3.63) is 95.3 Å². The molecule has 3 aromatic rings. The van der Waals surface area contributed by atoms with Crippen molar-refractivity contribution < 1.29 is 4.39 Å². The van der Waals surface area contributed by atoms with Crippen molar-refractivity contribution >= 4 is 10.8 Å². The van der Waals surface area contributed by atoms with Gasteiger partial charge in [0.1, 0.15) is 5.82 Å². The Hall–Kier alpha value is -2.85. The molecular formula is C32H35F. The fourth-order valence-corrected chi connectivity index (χ4v) is 5.12. The summed E-state index contributed by atoms with van der Waals surface area (Å²) in [5.41, 5.74) is 4.21. The van der Waals surface area contributed by atoms with Crippen molar-refractivity contribution in [2.45, 2.75) is 70.6 Å². The predicted octanol–water partition coefficient (Wildman–Crippen LogP) is 8.96. The van der Waals surface area contributed by atoms with Crippen LogP contribution in [0.25, 0.3) is 10.8 Å². The average molecular weight is 439 g/mol. The number of aryl methyl sites for hydroxylation is 1. The van der Waals surface area contributed by atoms with Gasteiger partial charge in [0, 0.05) is 16.5 Å². The summed E-state index contributed by atoms with van der Waals surface area (Å²) in [5, 5.41) is 1.61. The van der Waals surface area contributed by atoms with Gasteiger partial charge in [0.05, 0.1) is 0 Å². The smallest absolute Gasteiger partial charge is 0.134 e. The third-order valence-corrected chi connectivity index (χ3v) is 7.16. The largest absolute Gasteiger partial charge is 0.206 e. The summed E-state index contributed by atoms with van der Waals surface area (Å²) in [6.45, 7) is 6.06. The molecule has 1 aliphatic carbocycles. The molecular weight excluding hydrogens is 403 g/mol. The Bertz CT molecular complexity index is 1130. The van der Waals surface area contributed by atoms with Crippen LogP contribution in [0, 0.1) is 23.6 Å². The monoisotopic (exact) mass is 438 g/mol. The number of hydrogen-bond acceptors (Lipinski definition) is 0. The molecule has 33 heavy (non-hydrogen) atoms. The Morgan fingerprint density at radius 3 is 2.36 bits per heavy atom. The fourth-order valence-electron chi connectivity index (χ4n) is 5.12. The van der Waals surface area contributed by atoms with Crippen LogP contribution in [-0.4, -0.2) is 0 Å². The zero-order valence-electron chi connectivity index (χ0n) is 19.9. The molecule has 0 bridgehead atoms. The number of fused-ring (bicyclic) bond motifs is 1. The topological polar surface area (TPSA) is 0 Å². The Balaban J connectivity index is 1.42. The Kier molecular flexibility index (Phi) is 8.01. The summed E-state index contributed by atoms with van der Waals surface area (Å²) in [6.07, 6.45) is 12.5. The number of benzene rings is 3. The highest BCUT2D eigenvalue weighted by Gasteiger charge is 2.21. The van der Waals surface area contributed by atoms with Crippen LogP contribution in [0.3, 0.4) is 0 Å². The van der Waals surface area contributed by atoms with Gasteiger partial charge in [0.15, 0.2) is 0 Å². The minimum absolute atomic E-state index is 0.0720. The third kappa shape index (κ3) is 5.94. The van der Waals surface area contributed by atoms with Crippen molar-refractivity contribution in [2.75, 3.05) is 0 Å². The molecule has 1 saturated carbocycles. The molecule has 0 amide bonds. The van der Waals surface area contributed by atoms with E-state index in [1.807, 2.05) is 30.3 Å². The van der Waals surface area contributed by atoms with Crippen molar-refractivity contribution in [1.82, 2.24) is 0 Å². The third-order valence-electron chi connectivity index (χ3n) is 7.16. The highest BCUT2D eigenvalue weighted by atomic mass is 19.1. The molecule has 0 N–H and O–H groups in total. The second-order valence-corrected chi connectivity index (χ2v) is 9.55. The first kappa shape index (κ1) is 23.3. The lowest BCUT2D eigenvalue weighted by atomic mass is 9.77. The van der Waals surface area contributed by atoms with Crippen LogP contribution < -0.4 is 0 Å². The molecule has 170 valence electrons. The summed E-state index contributed by atoms with van der Waals surface area (Å²) < 4.78 is 14.9. The van der Waals surface area contributed by atoms with E-state index in [4.69, 9.17) is 0 Å². The van der Waals surface area contributed by atoms with Crippen molar-refractivity contribution in [3.63, 3.8) is 0 Å². The van der Waals surface area contributed by atoms with Crippen LogP contribution in [0.1, 0.15) is 86.5 Å². The zero-order valence-corrected chi connectivity index (χ0v) is 19.9. The van der Waals surface area contributed by atoms with Crippen LogP contribution in [0.5, 0.6) is 0 Å². The molecule has 1 fully saturated rings. The maximum atomic E-state index is 14.9. The SMILES string of the molecule is C=CCC1CCC(c2ccc(C#Cc3ccc4c(F)c(CCCCC)ccc4c3)cc2)CC1. The zero-order chi connectivity index (χ0) is 23.0. The Labute approximate surface area is 198 Å². The standard InChI is InChI=1S/C32H35F/c1-3-5-6-8-29-20-21-30-23-26(15-22-31(30)32(29)33)10-9-25-13-18-28(19-14-25)27-16-11-24(7-4-2)12-17-27/h4,13-15,18-24,27H,2-3,5-8,11-12,16-17H2,1H3. The van der Waals surface area contributed by atoms with Gasteiger partial charge in [0.25, 0.3) is 0 Å². The summed E-state index contributed by atoms with van der Waals surface area (Å²) >= 11 is 0. The van der Waals surface area contributed by atoms with Crippen molar-refractivity contribution in [2.24, 2.45) is 5.92 Å². The molecule has 0 unspecified atom stereocenters. The van der Waals surface area contributed by atoms with Crippen LogP contribution in [0.2, 0.25) is 0 Å². The lowest BCUT2D eigenvalue weighted by Gasteiger charge is -2.28. The van der Waals surface area contributed by atoms with E-state index in [1.165, 1.54) is 31.2 Å². The lowest BCUT2D eigenvalue weighted by molar-refractivity contribution is 0.328. The van der Waals surface area contributed by atoms with Crippen LogP contribution in [0.4, 0.5) is 4.39 Å². The molecule has 0 atom stereocenters. The predicted molar refractivity (Wildman–Crippen MR) is 139 cm³/mol. The van der Waals surface area contributed by atoms with Crippen molar-refractivity contribution in [3.8, 4) is 11.8 Å². The molecule has 0 aromatic heterocycles. The number of hydrogen-bond donors (Lipinski definition) is 0. The molecule has 1 heteroatoms. The molecule has 3 aromatic carbocycles. The van der Waals surface area contributed by atoms with Gasteiger partial charge in [0.2, 0.25) is 0 Å². The highest BCUT2D eigenvalue weighted by molar-refractivity contribution is 5.85. The molecule has 0 radical (unpaired) electrons. The van der Waals surface area contributed by atoms with Gasteiger partial charge >= 0.3 is 0 Å². The average Bonchev–Trinajstić information content (AvgIpc) is 2.85. The molecule has 0 heterocycles. The first-order chi connectivity index (χ1) is 16.2. The Morgan fingerprint density at radius 2 is 1.64 bits per heavy atom. The molecule has 0 saturated heterocycles. The summed E-state index contributed by atoms with van der Waals surface area (Å²) in [6, 6.07) is 18.6. The van der Waals surface area contributed by atoms with E-state index >= 15 is 0 Å². The lowest BCUT2D eigenvalue weighted by Crippen LogP contribution is -2.12. The fraction of sp³-hybridized carbons (Fsp3) is 0.375. The minimum Gasteiger partial charge on any atom is -0.206 e. The molecule has 4 rings (SSSR count). The maximum absolute atomic E-state index is 14.9. The van der Waals surface area contributed by atoms with Gasteiger partial charge in [-0.1, -0.05) is 68.0 Å². The Morgan fingerprint density at radius 1 is 0.909 bits per heavy atom. The first-order valence-electron chi connectivity index (χ1n) is 12.6. The summed E-state index contributed by atoms with van der Waals surface area (Å²) in [4.78, 5) is 0. The summed E-state index contributed by atoms with van der Waals surface area (Å²) in [7, 11) is 0. The van der Waals surface area contributed by atoms with Gasteiger partial charge in [-0.15, -0.1) is 6.58 Å².